The van der Waals surface area contributed by atoms with E-state index in [4.69, 9.17) is 0 Å². The first kappa shape index (κ1) is 15.4. The molecule has 112 valence electrons. The Kier molecular flexibility index (Phi) is 4.46. The van der Waals surface area contributed by atoms with E-state index in [9.17, 15) is 12.8 Å². The van der Waals surface area contributed by atoms with Gasteiger partial charge in [0.15, 0.2) is 0 Å². The molecule has 1 saturated carbocycles. The van der Waals surface area contributed by atoms with Gasteiger partial charge in [-0.3, -0.25) is 0 Å². The molecule has 0 spiro atoms. The molecule has 0 aromatic heterocycles. The molecule has 0 aliphatic heterocycles. The lowest BCUT2D eigenvalue weighted by Crippen LogP contribution is -2.27. The van der Waals surface area contributed by atoms with Crippen LogP contribution in [0.2, 0.25) is 0 Å². The van der Waals surface area contributed by atoms with Crippen LogP contribution in [0.4, 0.5) is 4.39 Å². The van der Waals surface area contributed by atoms with Gasteiger partial charge >= 0.3 is 0 Å². The third-order valence-electron chi connectivity index (χ3n) is 3.44. The highest BCUT2D eigenvalue weighted by Gasteiger charge is 2.36. The van der Waals surface area contributed by atoms with Crippen molar-refractivity contribution in [3.05, 3.63) is 29.6 Å². The van der Waals surface area contributed by atoms with Gasteiger partial charge in [0.25, 0.3) is 0 Å². The molecule has 1 aliphatic carbocycles. The van der Waals surface area contributed by atoms with E-state index in [0.29, 0.717) is 18.0 Å². The predicted molar refractivity (Wildman–Crippen MR) is 76.3 cm³/mol. The summed E-state index contributed by atoms with van der Waals surface area (Å²) in [7, 11) is -3.55. The average Bonchev–Trinajstić information content (AvgIpc) is 3.02. The molecule has 1 aromatic rings. The van der Waals surface area contributed by atoms with Gasteiger partial charge in [0.1, 0.15) is 5.82 Å². The highest BCUT2D eigenvalue weighted by Crippen LogP contribution is 2.30. The molecule has 2 rings (SSSR count). The van der Waals surface area contributed by atoms with E-state index in [1.54, 1.807) is 0 Å². The number of sulfonamides is 1. The van der Waals surface area contributed by atoms with E-state index < -0.39 is 15.8 Å². The van der Waals surface area contributed by atoms with Gasteiger partial charge in [0.2, 0.25) is 10.0 Å². The number of hydrogen-bond acceptors (Lipinski definition) is 3. The molecule has 1 aromatic carbocycles. The van der Waals surface area contributed by atoms with Gasteiger partial charge < -0.3 is 5.32 Å². The molecule has 2 N–H and O–H groups in total. The van der Waals surface area contributed by atoms with Crippen LogP contribution >= 0.6 is 0 Å². The van der Waals surface area contributed by atoms with Crippen molar-refractivity contribution in [2.75, 3.05) is 0 Å². The fourth-order valence-electron chi connectivity index (χ4n) is 1.92. The summed E-state index contributed by atoms with van der Waals surface area (Å²) in [6.45, 7) is 6.21. The Hall–Kier alpha value is -0.980. The molecular formula is C14H21FN2O2S. The van der Waals surface area contributed by atoms with Gasteiger partial charge in [0, 0.05) is 24.2 Å². The van der Waals surface area contributed by atoms with E-state index in [1.165, 1.54) is 18.2 Å². The lowest BCUT2D eigenvalue weighted by Gasteiger charge is -2.11. The molecular weight excluding hydrogens is 279 g/mol. The molecule has 4 nitrogen and oxygen atoms in total. The smallest absolute Gasteiger partial charge is 0.240 e. The molecule has 0 heterocycles. The molecule has 1 fully saturated rings. The van der Waals surface area contributed by atoms with Crippen LogP contribution in [0, 0.1) is 11.7 Å². The fourth-order valence-corrected chi connectivity index (χ4v) is 3.33. The molecule has 0 radical (unpaired) electrons. The summed E-state index contributed by atoms with van der Waals surface area (Å²) in [6, 6.07) is 4.15. The van der Waals surface area contributed by atoms with Crippen molar-refractivity contribution in [3.8, 4) is 0 Å². The Morgan fingerprint density at radius 2 is 2.05 bits per heavy atom. The van der Waals surface area contributed by atoms with E-state index in [-0.39, 0.29) is 17.0 Å². The summed E-state index contributed by atoms with van der Waals surface area (Å²) in [4.78, 5) is 0.124. The Morgan fingerprint density at radius 1 is 1.40 bits per heavy atom. The third-order valence-corrected chi connectivity index (χ3v) is 4.93. The molecule has 0 amide bonds. The van der Waals surface area contributed by atoms with Crippen molar-refractivity contribution < 1.29 is 12.8 Å². The lowest BCUT2D eigenvalue weighted by molar-refractivity contribution is 0.550. The van der Waals surface area contributed by atoms with Gasteiger partial charge in [-0.1, -0.05) is 20.8 Å². The first-order valence-corrected chi connectivity index (χ1v) is 8.32. The van der Waals surface area contributed by atoms with Crippen LogP contribution < -0.4 is 10.0 Å². The minimum absolute atomic E-state index is 0.0160. The van der Waals surface area contributed by atoms with Gasteiger partial charge in [-0.2, -0.15) is 0 Å². The van der Waals surface area contributed by atoms with Crippen molar-refractivity contribution >= 4 is 10.0 Å². The van der Waals surface area contributed by atoms with Gasteiger partial charge in [-0.25, -0.2) is 17.5 Å². The topological polar surface area (TPSA) is 58.2 Å². The zero-order chi connectivity index (χ0) is 14.9. The minimum Gasteiger partial charge on any atom is -0.310 e. The van der Waals surface area contributed by atoms with Crippen molar-refractivity contribution in [2.24, 2.45) is 5.92 Å². The van der Waals surface area contributed by atoms with Crippen LogP contribution in [0.5, 0.6) is 0 Å². The second-order valence-corrected chi connectivity index (χ2v) is 7.44. The summed E-state index contributed by atoms with van der Waals surface area (Å²) in [5, 5.41) is 3.09. The second kappa shape index (κ2) is 5.79. The largest absolute Gasteiger partial charge is 0.310 e. The SMILES string of the molecule is CC(C)NCc1cc(S(=O)(=O)NC2CC2C)ccc1F. The first-order chi connectivity index (χ1) is 9.29. The molecule has 0 bridgehead atoms. The second-order valence-electron chi connectivity index (χ2n) is 5.73. The predicted octanol–water partition coefficient (Wildman–Crippen LogP) is 2.01. The van der Waals surface area contributed by atoms with Crippen LogP contribution in [-0.4, -0.2) is 20.5 Å². The first-order valence-electron chi connectivity index (χ1n) is 6.83. The quantitative estimate of drug-likeness (QED) is 0.845. The van der Waals surface area contributed by atoms with Crippen LogP contribution in [0.3, 0.4) is 0 Å². The molecule has 2 unspecified atom stereocenters. The maximum atomic E-state index is 13.7. The van der Waals surface area contributed by atoms with Gasteiger partial charge in [0.05, 0.1) is 4.90 Å². The van der Waals surface area contributed by atoms with Crippen molar-refractivity contribution in [2.45, 2.75) is 50.7 Å². The van der Waals surface area contributed by atoms with E-state index in [1.807, 2.05) is 20.8 Å². The monoisotopic (exact) mass is 300 g/mol. The Bertz CT molecular complexity index is 587. The van der Waals surface area contributed by atoms with E-state index >= 15 is 0 Å². The molecule has 0 saturated heterocycles. The normalized spacial score (nSPS) is 22.2. The summed E-state index contributed by atoms with van der Waals surface area (Å²) in [6.07, 6.45) is 0.863. The van der Waals surface area contributed by atoms with Crippen molar-refractivity contribution in [1.82, 2.24) is 10.0 Å². The summed E-state index contributed by atoms with van der Waals surface area (Å²) in [5.41, 5.74) is 0.366. The maximum Gasteiger partial charge on any atom is 0.240 e. The zero-order valence-corrected chi connectivity index (χ0v) is 12.8. The summed E-state index contributed by atoms with van der Waals surface area (Å²) < 4.78 is 40.7. The number of benzene rings is 1. The number of hydrogen-bond donors (Lipinski definition) is 2. The van der Waals surface area contributed by atoms with Crippen LogP contribution in [0.1, 0.15) is 32.8 Å². The summed E-state index contributed by atoms with van der Waals surface area (Å²) >= 11 is 0. The number of nitrogens with one attached hydrogen (secondary N) is 2. The fraction of sp³-hybridized carbons (Fsp3) is 0.571. The zero-order valence-electron chi connectivity index (χ0n) is 12.0. The standard InChI is InChI=1S/C14H21FN2O2S/c1-9(2)16-8-11-7-12(4-5-13(11)15)20(18,19)17-14-6-10(14)3/h4-5,7,9-10,14,16-17H,6,8H2,1-3H3. The Morgan fingerprint density at radius 3 is 2.60 bits per heavy atom. The van der Waals surface area contributed by atoms with Crippen LogP contribution in [0.25, 0.3) is 0 Å². The lowest BCUT2D eigenvalue weighted by atomic mass is 10.2. The summed E-state index contributed by atoms with van der Waals surface area (Å²) in [5.74, 6) is -0.0100. The van der Waals surface area contributed by atoms with E-state index in [0.717, 1.165) is 6.42 Å². The van der Waals surface area contributed by atoms with Gasteiger partial charge in [-0.05, 0) is 30.5 Å². The van der Waals surface area contributed by atoms with Crippen LogP contribution in [-0.2, 0) is 16.6 Å². The Balaban J connectivity index is 2.17. The molecule has 6 heteroatoms. The highest BCUT2D eigenvalue weighted by atomic mass is 32.2. The average molecular weight is 300 g/mol. The van der Waals surface area contributed by atoms with E-state index in [2.05, 4.69) is 10.0 Å². The Labute approximate surface area is 119 Å². The highest BCUT2D eigenvalue weighted by molar-refractivity contribution is 7.89. The van der Waals surface area contributed by atoms with Crippen LogP contribution in [0.15, 0.2) is 23.1 Å². The van der Waals surface area contributed by atoms with Crippen molar-refractivity contribution in [1.29, 1.82) is 0 Å². The van der Waals surface area contributed by atoms with Crippen molar-refractivity contribution in [3.63, 3.8) is 0 Å². The molecule has 1 aliphatic rings. The van der Waals surface area contributed by atoms with Gasteiger partial charge in [-0.15, -0.1) is 0 Å². The molecule has 2 atom stereocenters. The minimum atomic E-state index is -3.55. The number of rotatable bonds is 6. The maximum absolute atomic E-state index is 13.7. The number of halogens is 1. The third kappa shape index (κ3) is 3.77. The molecule has 20 heavy (non-hydrogen) atoms.